The van der Waals surface area contributed by atoms with Gasteiger partial charge in [0, 0.05) is 19.3 Å². The minimum absolute atomic E-state index is 0.0990. The van der Waals surface area contributed by atoms with E-state index in [2.05, 4.69) is 5.10 Å². The average Bonchev–Trinajstić information content (AvgIpc) is 3.09. The summed E-state index contributed by atoms with van der Waals surface area (Å²) >= 11 is 5.80. The molecule has 1 saturated heterocycles. The van der Waals surface area contributed by atoms with Crippen LogP contribution in [0.3, 0.4) is 0 Å². The fourth-order valence-electron chi connectivity index (χ4n) is 2.08. The zero-order chi connectivity index (χ0) is 13.9. The number of amides is 1. The zero-order valence-electron chi connectivity index (χ0n) is 10.8. The molecule has 0 unspecified atom stereocenters. The number of halogens is 1. The van der Waals surface area contributed by atoms with Crippen LogP contribution in [-0.2, 0) is 11.3 Å². The molecule has 106 valence electrons. The fraction of sp³-hybridized carbons (Fsp3) is 0.385. The molecule has 0 aromatic carbocycles. The number of rotatable bonds is 3. The van der Waals surface area contributed by atoms with Crippen molar-refractivity contribution in [3.05, 3.63) is 41.1 Å². The lowest BCUT2D eigenvalue weighted by molar-refractivity contribution is 0.0281. The van der Waals surface area contributed by atoms with Crippen molar-refractivity contribution in [1.29, 1.82) is 0 Å². The van der Waals surface area contributed by atoms with E-state index in [-0.39, 0.29) is 5.91 Å². The highest BCUT2D eigenvalue weighted by Crippen LogP contribution is 2.14. The third-order valence-electron chi connectivity index (χ3n) is 3.09. The topological polar surface area (TPSA) is 60.5 Å². The van der Waals surface area contributed by atoms with Gasteiger partial charge in [-0.15, -0.1) is 0 Å². The number of ether oxygens (including phenoxy) is 1. The van der Waals surface area contributed by atoms with Crippen LogP contribution in [0.2, 0.25) is 5.02 Å². The van der Waals surface area contributed by atoms with Gasteiger partial charge in [0.1, 0.15) is 5.76 Å². The Morgan fingerprint density at radius 3 is 2.85 bits per heavy atom. The number of furan rings is 1. The van der Waals surface area contributed by atoms with Crippen molar-refractivity contribution < 1.29 is 13.9 Å². The molecule has 0 spiro atoms. The van der Waals surface area contributed by atoms with Gasteiger partial charge in [0.15, 0.2) is 5.76 Å². The Kier molecular flexibility index (Phi) is 3.75. The number of carbonyl (C=O) groups is 1. The summed E-state index contributed by atoms with van der Waals surface area (Å²) in [5, 5.41) is 4.64. The first-order chi connectivity index (χ1) is 9.72. The molecule has 7 heteroatoms. The molecule has 1 aliphatic rings. The van der Waals surface area contributed by atoms with Gasteiger partial charge in [-0.25, -0.2) is 0 Å². The molecule has 0 aliphatic carbocycles. The van der Waals surface area contributed by atoms with Crippen molar-refractivity contribution in [1.82, 2.24) is 14.7 Å². The Bertz CT molecular complexity index is 602. The van der Waals surface area contributed by atoms with Crippen LogP contribution in [0.4, 0.5) is 0 Å². The highest BCUT2D eigenvalue weighted by Gasteiger charge is 2.21. The molecule has 2 aromatic heterocycles. The largest absolute Gasteiger partial charge is 0.454 e. The molecule has 1 amide bonds. The number of aromatic nitrogens is 2. The van der Waals surface area contributed by atoms with Gasteiger partial charge < -0.3 is 14.1 Å². The second kappa shape index (κ2) is 5.68. The van der Waals surface area contributed by atoms with Crippen molar-refractivity contribution in [3.63, 3.8) is 0 Å². The molecule has 1 aliphatic heterocycles. The van der Waals surface area contributed by atoms with Crippen LogP contribution in [0.25, 0.3) is 0 Å². The Labute approximate surface area is 120 Å². The molecular weight excluding hydrogens is 282 g/mol. The fourth-order valence-corrected chi connectivity index (χ4v) is 2.24. The average molecular weight is 296 g/mol. The first kappa shape index (κ1) is 13.2. The summed E-state index contributed by atoms with van der Waals surface area (Å²) in [6.07, 6.45) is 3.26. The van der Waals surface area contributed by atoms with Crippen molar-refractivity contribution in [2.45, 2.75) is 6.54 Å². The lowest BCUT2D eigenvalue weighted by Crippen LogP contribution is -2.40. The predicted molar refractivity (Wildman–Crippen MR) is 71.8 cm³/mol. The number of hydrogen-bond donors (Lipinski definition) is 0. The summed E-state index contributed by atoms with van der Waals surface area (Å²) < 4.78 is 12.5. The van der Waals surface area contributed by atoms with Gasteiger partial charge in [0.25, 0.3) is 5.91 Å². The molecule has 0 saturated carbocycles. The normalized spacial score (nSPS) is 15.6. The molecule has 0 bridgehead atoms. The number of hydrogen-bond acceptors (Lipinski definition) is 4. The summed E-state index contributed by atoms with van der Waals surface area (Å²) in [5.74, 6) is 0.916. The molecule has 2 aromatic rings. The van der Waals surface area contributed by atoms with Gasteiger partial charge in [-0.3, -0.25) is 9.48 Å². The second-order valence-corrected chi connectivity index (χ2v) is 4.96. The van der Waals surface area contributed by atoms with Crippen LogP contribution in [0, 0.1) is 0 Å². The van der Waals surface area contributed by atoms with Crippen LogP contribution in [0.5, 0.6) is 0 Å². The Hall–Kier alpha value is -1.79. The van der Waals surface area contributed by atoms with Gasteiger partial charge in [0.05, 0.1) is 31.0 Å². The Morgan fingerprint density at radius 1 is 1.35 bits per heavy atom. The zero-order valence-corrected chi connectivity index (χ0v) is 11.5. The van der Waals surface area contributed by atoms with E-state index in [1.807, 2.05) is 0 Å². The summed E-state index contributed by atoms with van der Waals surface area (Å²) in [6, 6.07) is 3.47. The highest BCUT2D eigenvalue weighted by molar-refractivity contribution is 6.30. The standard InChI is InChI=1S/C13H14ClN3O3/c14-10-7-15-17(8-10)9-11-1-2-12(20-11)13(18)16-3-5-19-6-4-16/h1-2,7-8H,3-6,9H2. The summed E-state index contributed by atoms with van der Waals surface area (Å²) in [7, 11) is 0. The van der Waals surface area contributed by atoms with E-state index in [0.717, 1.165) is 0 Å². The lowest BCUT2D eigenvalue weighted by Gasteiger charge is -2.25. The van der Waals surface area contributed by atoms with E-state index in [9.17, 15) is 4.79 Å². The van der Waals surface area contributed by atoms with Crippen LogP contribution in [0.15, 0.2) is 28.9 Å². The van der Waals surface area contributed by atoms with Crippen LogP contribution < -0.4 is 0 Å². The molecule has 3 heterocycles. The maximum absolute atomic E-state index is 12.2. The molecule has 20 heavy (non-hydrogen) atoms. The second-order valence-electron chi connectivity index (χ2n) is 4.53. The van der Waals surface area contributed by atoms with Crippen LogP contribution in [0.1, 0.15) is 16.3 Å². The van der Waals surface area contributed by atoms with Gasteiger partial charge in [-0.1, -0.05) is 11.6 Å². The molecule has 0 radical (unpaired) electrons. The smallest absolute Gasteiger partial charge is 0.289 e. The summed E-state index contributed by atoms with van der Waals surface area (Å²) in [4.78, 5) is 13.9. The lowest BCUT2D eigenvalue weighted by atomic mass is 10.3. The van der Waals surface area contributed by atoms with Crippen molar-refractivity contribution in [2.75, 3.05) is 26.3 Å². The van der Waals surface area contributed by atoms with Gasteiger partial charge in [-0.05, 0) is 12.1 Å². The van der Waals surface area contributed by atoms with E-state index in [4.69, 9.17) is 20.8 Å². The molecule has 6 nitrogen and oxygen atoms in total. The maximum atomic E-state index is 12.2. The Balaban J connectivity index is 1.68. The molecule has 3 rings (SSSR count). The number of carbonyl (C=O) groups excluding carboxylic acids is 1. The molecule has 1 fully saturated rings. The minimum Gasteiger partial charge on any atom is -0.454 e. The van der Waals surface area contributed by atoms with E-state index in [1.165, 1.54) is 0 Å². The molecular formula is C13H14ClN3O3. The monoisotopic (exact) mass is 295 g/mol. The summed E-state index contributed by atoms with van der Waals surface area (Å²) in [6.45, 7) is 2.80. The SMILES string of the molecule is O=C(c1ccc(Cn2cc(Cl)cn2)o1)N1CCOCC1. The maximum Gasteiger partial charge on any atom is 0.289 e. The van der Waals surface area contributed by atoms with E-state index < -0.39 is 0 Å². The van der Waals surface area contributed by atoms with Crippen molar-refractivity contribution in [2.24, 2.45) is 0 Å². The molecule has 0 atom stereocenters. The van der Waals surface area contributed by atoms with Gasteiger partial charge >= 0.3 is 0 Å². The third-order valence-corrected chi connectivity index (χ3v) is 3.29. The van der Waals surface area contributed by atoms with Crippen molar-refractivity contribution >= 4 is 17.5 Å². The predicted octanol–water partition coefficient (Wildman–Crippen LogP) is 1.65. The molecule has 0 N–H and O–H groups in total. The number of morpholine rings is 1. The van der Waals surface area contributed by atoms with Gasteiger partial charge in [0.2, 0.25) is 0 Å². The quantitative estimate of drug-likeness (QED) is 0.864. The van der Waals surface area contributed by atoms with Gasteiger partial charge in [-0.2, -0.15) is 5.10 Å². The van der Waals surface area contributed by atoms with Crippen LogP contribution in [-0.4, -0.2) is 46.9 Å². The van der Waals surface area contributed by atoms with E-state index in [1.54, 1.807) is 34.1 Å². The Morgan fingerprint density at radius 2 is 2.15 bits per heavy atom. The number of nitrogens with zero attached hydrogens (tertiary/aromatic N) is 3. The summed E-state index contributed by atoms with van der Waals surface area (Å²) in [5.41, 5.74) is 0. The van der Waals surface area contributed by atoms with E-state index in [0.29, 0.717) is 49.4 Å². The van der Waals surface area contributed by atoms with Crippen LogP contribution >= 0.6 is 11.6 Å². The first-order valence-corrected chi connectivity index (χ1v) is 6.74. The van der Waals surface area contributed by atoms with Crippen molar-refractivity contribution in [3.8, 4) is 0 Å². The third kappa shape index (κ3) is 2.86. The first-order valence-electron chi connectivity index (χ1n) is 6.36. The highest BCUT2D eigenvalue weighted by atomic mass is 35.5. The minimum atomic E-state index is -0.0990. The van der Waals surface area contributed by atoms with E-state index >= 15 is 0 Å².